The fraction of sp³-hybridized carbons (Fsp3) is 0.476. The molecule has 8 nitrogen and oxygen atoms in total. The molecule has 0 fully saturated rings. The second-order valence-electron chi connectivity index (χ2n) is 7.20. The number of nitrogens with one attached hydrogen (secondary N) is 4. The summed E-state index contributed by atoms with van der Waals surface area (Å²) in [5.74, 6) is -2.42. The molecule has 0 aromatic heterocycles. The number of halogens is 1. The van der Waals surface area contributed by atoms with E-state index < -0.39 is 35.5 Å². The van der Waals surface area contributed by atoms with Crippen molar-refractivity contribution in [2.75, 3.05) is 0 Å². The molecule has 0 unspecified atom stereocenters. The third-order valence-corrected chi connectivity index (χ3v) is 4.44. The van der Waals surface area contributed by atoms with E-state index in [1.165, 1.54) is 24.3 Å². The van der Waals surface area contributed by atoms with Crippen LogP contribution in [-0.2, 0) is 25.7 Å². The maximum atomic E-state index is 13.0. The van der Waals surface area contributed by atoms with E-state index in [2.05, 4.69) is 16.0 Å². The number of hydrogen-bond acceptors (Lipinski definition) is 5. The highest BCUT2D eigenvalue weighted by atomic mass is 19.1. The molecule has 4 N–H and O–H groups in total. The molecule has 0 spiro atoms. The second kappa shape index (κ2) is 12.5. The molecule has 164 valence electrons. The normalized spacial score (nSPS) is 12.6. The Balaban J connectivity index is 2.85. The van der Waals surface area contributed by atoms with Crippen LogP contribution in [-0.4, -0.2) is 41.8 Å². The van der Waals surface area contributed by atoms with Gasteiger partial charge in [-0.2, -0.15) is 0 Å². The molecule has 0 heterocycles. The van der Waals surface area contributed by atoms with Crippen LogP contribution in [0, 0.1) is 17.1 Å². The predicted octanol–water partition coefficient (Wildman–Crippen LogP) is 1.48. The molecule has 0 bridgehead atoms. The van der Waals surface area contributed by atoms with Crippen molar-refractivity contribution in [1.82, 2.24) is 16.0 Å². The lowest BCUT2D eigenvalue weighted by Gasteiger charge is -2.25. The molecule has 3 amide bonds. The van der Waals surface area contributed by atoms with Gasteiger partial charge in [-0.05, 0) is 30.0 Å². The van der Waals surface area contributed by atoms with Crippen molar-refractivity contribution in [2.24, 2.45) is 5.92 Å². The van der Waals surface area contributed by atoms with Gasteiger partial charge < -0.3 is 21.4 Å². The van der Waals surface area contributed by atoms with Gasteiger partial charge in [0.25, 0.3) is 0 Å². The fourth-order valence-electron chi connectivity index (χ4n) is 2.61. The van der Waals surface area contributed by atoms with E-state index in [1.807, 2.05) is 0 Å². The summed E-state index contributed by atoms with van der Waals surface area (Å²) in [6, 6.07) is 3.73. The van der Waals surface area contributed by atoms with Crippen molar-refractivity contribution in [2.45, 2.75) is 58.7 Å². The number of carbonyl (C=O) groups is 4. The van der Waals surface area contributed by atoms with Crippen molar-refractivity contribution < 1.29 is 23.6 Å². The van der Waals surface area contributed by atoms with Crippen LogP contribution in [0.25, 0.3) is 0 Å². The minimum Gasteiger partial charge on any atom is -0.350 e. The Labute approximate surface area is 175 Å². The van der Waals surface area contributed by atoms with E-state index in [9.17, 15) is 23.6 Å². The summed E-state index contributed by atoms with van der Waals surface area (Å²) in [7, 11) is 0. The molecule has 1 rings (SSSR count). The van der Waals surface area contributed by atoms with Crippen LogP contribution in [0.5, 0.6) is 0 Å². The van der Waals surface area contributed by atoms with Crippen LogP contribution in [0.15, 0.2) is 24.3 Å². The zero-order valence-corrected chi connectivity index (χ0v) is 17.5. The van der Waals surface area contributed by atoms with Crippen LogP contribution in [0.1, 0.15) is 45.6 Å². The monoisotopic (exact) mass is 420 g/mol. The topological polar surface area (TPSA) is 128 Å². The van der Waals surface area contributed by atoms with Crippen molar-refractivity contribution in [3.8, 4) is 0 Å². The highest BCUT2D eigenvalue weighted by molar-refractivity contribution is 6.26. The molecule has 0 aliphatic carbocycles. The number of amides is 3. The average Bonchev–Trinajstić information content (AvgIpc) is 2.73. The molecular weight excluding hydrogens is 391 g/mol. The van der Waals surface area contributed by atoms with Gasteiger partial charge in [-0.3, -0.25) is 19.2 Å². The lowest BCUT2D eigenvalue weighted by atomic mass is 10.0. The minimum atomic E-state index is -1.03. The lowest BCUT2D eigenvalue weighted by Crippen LogP contribution is -2.55. The van der Waals surface area contributed by atoms with Crippen LogP contribution >= 0.6 is 0 Å². The summed E-state index contributed by atoms with van der Waals surface area (Å²) in [5.41, 5.74) is 0.667. The Bertz CT molecular complexity index is 765. The Morgan fingerprint density at radius 2 is 1.70 bits per heavy atom. The van der Waals surface area contributed by atoms with Gasteiger partial charge in [0.15, 0.2) is 5.78 Å². The first-order chi connectivity index (χ1) is 14.2. The Hall–Kier alpha value is -3.10. The molecule has 2 atom stereocenters. The van der Waals surface area contributed by atoms with Gasteiger partial charge >= 0.3 is 0 Å². The quantitative estimate of drug-likeness (QED) is 0.382. The average molecular weight is 420 g/mol. The van der Waals surface area contributed by atoms with E-state index in [4.69, 9.17) is 5.41 Å². The molecule has 1 aromatic carbocycles. The van der Waals surface area contributed by atoms with Gasteiger partial charge in [-0.15, -0.1) is 0 Å². The minimum absolute atomic E-state index is 0.00173. The molecular formula is C21H29FN4O4. The molecule has 1 aromatic rings. The molecule has 0 aliphatic rings. The number of hydrogen-bond donors (Lipinski definition) is 4. The Morgan fingerprint density at radius 3 is 2.23 bits per heavy atom. The van der Waals surface area contributed by atoms with Crippen molar-refractivity contribution in [3.05, 3.63) is 35.6 Å². The van der Waals surface area contributed by atoms with Crippen LogP contribution < -0.4 is 16.0 Å². The summed E-state index contributed by atoms with van der Waals surface area (Å²) >= 11 is 0. The number of Topliss-reactive ketones (excluding diaryl/α,β-unsaturated/α-hetero) is 1. The van der Waals surface area contributed by atoms with Crippen molar-refractivity contribution >= 4 is 29.7 Å². The zero-order valence-electron chi connectivity index (χ0n) is 17.5. The standard InChI is InChI=1S/C21H29FN4O4/c1-4-18(28)26-19(13(2)3)21(30)25-17(10-9-16(27)11-23)20(29)24-12-14-5-7-15(22)8-6-14/h5-8,11,13,17,19,23H,4,9-10,12H2,1-3H3,(H,24,29)(H,25,30)(H,26,28)/t17-,19-/m0/s1. The number of benzene rings is 1. The molecule has 0 saturated carbocycles. The Kier molecular flexibility index (Phi) is 10.4. The lowest BCUT2D eigenvalue weighted by molar-refractivity contribution is -0.133. The SMILES string of the molecule is CCC(=O)N[C@H](C(=O)N[C@@H](CCC(=O)C=N)C(=O)NCc1ccc(F)cc1)C(C)C. The smallest absolute Gasteiger partial charge is 0.243 e. The number of carbonyl (C=O) groups excluding carboxylic acids is 4. The van der Waals surface area contributed by atoms with E-state index in [0.717, 1.165) is 0 Å². The number of ketones is 1. The summed E-state index contributed by atoms with van der Waals surface area (Å²) < 4.78 is 13.0. The fourth-order valence-corrected chi connectivity index (χ4v) is 2.61. The highest BCUT2D eigenvalue weighted by Gasteiger charge is 2.28. The van der Waals surface area contributed by atoms with E-state index >= 15 is 0 Å². The summed E-state index contributed by atoms with van der Waals surface area (Å²) in [6.07, 6.45) is 0.785. The summed E-state index contributed by atoms with van der Waals surface area (Å²) in [5, 5.41) is 14.9. The second-order valence-corrected chi connectivity index (χ2v) is 7.20. The maximum Gasteiger partial charge on any atom is 0.243 e. The molecule has 0 saturated heterocycles. The largest absolute Gasteiger partial charge is 0.350 e. The van der Waals surface area contributed by atoms with Gasteiger partial charge in [0, 0.05) is 19.4 Å². The van der Waals surface area contributed by atoms with Gasteiger partial charge in [0.05, 0.1) is 6.21 Å². The van der Waals surface area contributed by atoms with Crippen molar-refractivity contribution in [3.63, 3.8) is 0 Å². The summed E-state index contributed by atoms with van der Waals surface area (Å²) in [6.45, 7) is 5.31. The molecule has 0 radical (unpaired) electrons. The van der Waals surface area contributed by atoms with E-state index in [0.29, 0.717) is 11.8 Å². The molecule has 30 heavy (non-hydrogen) atoms. The first-order valence-corrected chi connectivity index (χ1v) is 9.83. The van der Waals surface area contributed by atoms with Crippen LogP contribution in [0.4, 0.5) is 4.39 Å². The maximum absolute atomic E-state index is 13.0. The van der Waals surface area contributed by atoms with Crippen LogP contribution in [0.2, 0.25) is 0 Å². The third kappa shape index (κ3) is 8.50. The predicted molar refractivity (Wildman–Crippen MR) is 110 cm³/mol. The Morgan fingerprint density at radius 1 is 1.07 bits per heavy atom. The first-order valence-electron chi connectivity index (χ1n) is 9.83. The highest BCUT2D eigenvalue weighted by Crippen LogP contribution is 2.07. The zero-order chi connectivity index (χ0) is 22.7. The first kappa shape index (κ1) is 24.9. The van der Waals surface area contributed by atoms with Crippen molar-refractivity contribution in [1.29, 1.82) is 5.41 Å². The molecule has 9 heteroatoms. The van der Waals surface area contributed by atoms with Gasteiger partial charge in [-0.25, -0.2) is 4.39 Å². The van der Waals surface area contributed by atoms with Gasteiger partial charge in [0.1, 0.15) is 17.9 Å². The van der Waals surface area contributed by atoms with Crippen LogP contribution in [0.3, 0.4) is 0 Å². The van der Waals surface area contributed by atoms with E-state index in [1.54, 1.807) is 20.8 Å². The summed E-state index contributed by atoms with van der Waals surface area (Å²) in [4.78, 5) is 48.5. The van der Waals surface area contributed by atoms with E-state index in [-0.39, 0.29) is 37.6 Å². The third-order valence-electron chi connectivity index (χ3n) is 4.44. The van der Waals surface area contributed by atoms with Gasteiger partial charge in [-0.1, -0.05) is 32.9 Å². The number of rotatable bonds is 12. The molecule has 0 aliphatic heterocycles. The van der Waals surface area contributed by atoms with Gasteiger partial charge in [0.2, 0.25) is 17.7 Å².